The molecule has 0 saturated carbocycles. The zero-order valence-corrected chi connectivity index (χ0v) is 10.7. The zero-order valence-electron chi connectivity index (χ0n) is 10.7. The summed E-state index contributed by atoms with van der Waals surface area (Å²) < 4.78 is 1.67. The van der Waals surface area contributed by atoms with E-state index in [4.69, 9.17) is 5.11 Å². The van der Waals surface area contributed by atoms with Crippen molar-refractivity contribution in [3.05, 3.63) is 35.8 Å². The fourth-order valence-electron chi connectivity index (χ4n) is 2.72. The van der Waals surface area contributed by atoms with E-state index in [1.807, 2.05) is 12.3 Å². The molecule has 19 heavy (non-hydrogen) atoms. The van der Waals surface area contributed by atoms with E-state index in [9.17, 15) is 4.79 Å². The smallest absolute Gasteiger partial charge is 0.352 e. The molecule has 1 aliphatic rings. The molecular weight excluding hydrogens is 242 g/mol. The van der Waals surface area contributed by atoms with E-state index in [0.29, 0.717) is 11.6 Å². The molecule has 5 heteroatoms. The third-order valence-corrected chi connectivity index (χ3v) is 3.72. The van der Waals surface area contributed by atoms with Crippen LogP contribution in [0.1, 0.15) is 29.0 Å². The van der Waals surface area contributed by atoms with Crippen molar-refractivity contribution in [1.29, 1.82) is 0 Å². The second-order valence-corrected chi connectivity index (χ2v) is 5.07. The quantitative estimate of drug-likeness (QED) is 0.878. The van der Waals surface area contributed by atoms with Gasteiger partial charge in [0, 0.05) is 6.20 Å². The van der Waals surface area contributed by atoms with Gasteiger partial charge in [-0.25, -0.2) is 9.78 Å². The maximum absolute atomic E-state index is 11.2. The number of carboxylic acid groups (broad SMARTS) is 1. The molecule has 2 aromatic rings. The lowest BCUT2D eigenvalue weighted by Crippen LogP contribution is -2.28. The second-order valence-electron chi connectivity index (χ2n) is 5.07. The van der Waals surface area contributed by atoms with E-state index in [-0.39, 0.29) is 5.69 Å². The minimum absolute atomic E-state index is 0.265. The Balaban J connectivity index is 1.88. The molecular formula is C14H17N3O2. The van der Waals surface area contributed by atoms with Gasteiger partial charge in [-0.05, 0) is 50.4 Å². The molecule has 0 spiro atoms. The number of nitrogens with one attached hydrogen (secondary N) is 1. The van der Waals surface area contributed by atoms with Crippen molar-refractivity contribution < 1.29 is 9.90 Å². The number of piperidine rings is 1. The van der Waals surface area contributed by atoms with E-state index in [1.54, 1.807) is 16.5 Å². The molecule has 1 saturated heterocycles. The van der Waals surface area contributed by atoms with Crippen LogP contribution >= 0.6 is 0 Å². The molecule has 0 amide bonds. The van der Waals surface area contributed by atoms with Gasteiger partial charge in [0.25, 0.3) is 0 Å². The maximum Gasteiger partial charge on any atom is 0.352 e. The van der Waals surface area contributed by atoms with Gasteiger partial charge in [-0.3, -0.25) is 4.40 Å². The van der Waals surface area contributed by atoms with Crippen molar-refractivity contribution in [2.45, 2.75) is 19.3 Å². The first-order chi connectivity index (χ1) is 9.24. The SMILES string of the molecule is O=C(O)c1cccc2nc(CC3CCNCC3)cn12. The van der Waals surface area contributed by atoms with Crippen molar-refractivity contribution in [2.24, 2.45) is 5.92 Å². The van der Waals surface area contributed by atoms with Crippen LogP contribution in [0.3, 0.4) is 0 Å². The van der Waals surface area contributed by atoms with Gasteiger partial charge in [0.15, 0.2) is 0 Å². The summed E-state index contributed by atoms with van der Waals surface area (Å²) in [5, 5.41) is 12.5. The molecule has 3 rings (SSSR count). The Morgan fingerprint density at radius 2 is 2.21 bits per heavy atom. The lowest BCUT2D eigenvalue weighted by atomic mass is 9.93. The summed E-state index contributed by atoms with van der Waals surface area (Å²) in [7, 11) is 0. The Labute approximate surface area is 111 Å². The van der Waals surface area contributed by atoms with Crippen molar-refractivity contribution >= 4 is 11.6 Å². The Bertz CT molecular complexity index is 600. The van der Waals surface area contributed by atoms with Gasteiger partial charge in [0.05, 0.1) is 5.69 Å². The molecule has 0 bridgehead atoms. The number of pyridine rings is 1. The summed E-state index contributed by atoms with van der Waals surface area (Å²) in [6, 6.07) is 5.18. The monoisotopic (exact) mass is 259 g/mol. The van der Waals surface area contributed by atoms with Crippen LogP contribution in [0.5, 0.6) is 0 Å². The van der Waals surface area contributed by atoms with Gasteiger partial charge in [-0.1, -0.05) is 6.07 Å². The van der Waals surface area contributed by atoms with Crippen molar-refractivity contribution in [2.75, 3.05) is 13.1 Å². The first-order valence-electron chi connectivity index (χ1n) is 6.65. The summed E-state index contributed by atoms with van der Waals surface area (Å²) in [5.74, 6) is -0.268. The number of fused-ring (bicyclic) bond motifs is 1. The lowest BCUT2D eigenvalue weighted by Gasteiger charge is -2.21. The lowest BCUT2D eigenvalue weighted by molar-refractivity contribution is 0.0689. The number of nitrogens with zero attached hydrogens (tertiary/aromatic N) is 2. The highest BCUT2D eigenvalue weighted by atomic mass is 16.4. The molecule has 100 valence electrons. The molecule has 3 heterocycles. The number of carboxylic acids is 1. The van der Waals surface area contributed by atoms with Crippen LogP contribution < -0.4 is 5.32 Å². The van der Waals surface area contributed by atoms with E-state index in [2.05, 4.69) is 10.3 Å². The van der Waals surface area contributed by atoms with E-state index in [0.717, 1.165) is 25.2 Å². The van der Waals surface area contributed by atoms with Crippen LogP contribution in [-0.4, -0.2) is 33.6 Å². The molecule has 2 aromatic heterocycles. The highest BCUT2D eigenvalue weighted by Gasteiger charge is 2.16. The summed E-state index contributed by atoms with van der Waals surface area (Å²) >= 11 is 0. The van der Waals surface area contributed by atoms with Crippen LogP contribution in [-0.2, 0) is 6.42 Å². The summed E-state index contributed by atoms with van der Waals surface area (Å²) in [5.41, 5.74) is 1.96. The summed E-state index contributed by atoms with van der Waals surface area (Å²) in [6.07, 6.45) is 5.13. The molecule has 0 aliphatic carbocycles. The van der Waals surface area contributed by atoms with E-state index < -0.39 is 5.97 Å². The third-order valence-electron chi connectivity index (χ3n) is 3.72. The van der Waals surface area contributed by atoms with Gasteiger partial charge >= 0.3 is 5.97 Å². The number of hydrogen-bond acceptors (Lipinski definition) is 3. The fourth-order valence-corrected chi connectivity index (χ4v) is 2.72. The predicted molar refractivity (Wildman–Crippen MR) is 71.4 cm³/mol. The van der Waals surface area contributed by atoms with E-state index >= 15 is 0 Å². The van der Waals surface area contributed by atoms with Crippen LogP contribution in [0.2, 0.25) is 0 Å². The van der Waals surface area contributed by atoms with Crippen LogP contribution in [0.15, 0.2) is 24.4 Å². The second kappa shape index (κ2) is 5.01. The van der Waals surface area contributed by atoms with Gasteiger partial charge in [0.2, 0.25) is 0 Å². The Hall–Kier alpha value is -1.88. The number of hydrogen-bond donors (Lipinski definition) is 2. The summed E-state index contributed by atoms with van der Waals surface area (Å²) in [6.45, 7) is 2.14. The van der Waals surface area contributed by atoms with Gasteiger partial charge < -0.3 is 10.4 Å². The topological polar surface area (TPSA) is 66.6 Å². The molecule has 2 N–H and O–H groups in total. The van der Waals surface area contributed by atoms with Gasteiger partial charge in [-0.2, -0.15) is 0 Å². The normalized spacial score (nSPS) is 16.8. The first kappa shape index (κ1) is 12.2. The molecule has 0 unspecified atom stereocenters. The zero-order chi connectivity index (χ0) is 13.2. The highest BCUT2D eigenvalue weighted by Crippen LogP contribution is 2.18. The average molecular weight is 259 g/mol. The highest BCUT2D eigenvalue weighted by molar-refractivity contribution is 5.86. The minimum Gasteiger partial charge on any atom is -0.477 e. The van der Waals surface area contributed by atoms with Crippen LogP contribution in [0.25, 0.3) is 5.65 Å². The van der Waals surface area contributed by atoms with Gasteiger partial charge in [0.1, 0.15) is 11.3 Å². The predicted octanol–water partition coefficient (Wildman–Crippen LogP) is 1.57. The molecule has 1 fully saturated rings. The van der Waals surface area contributed by atoms with Crippen LogP contribution in [0, 0.1) is 5.92 Å². The number of rotatable bonds is 3. The van der Waals surface area contributed by atoms with Crippen molar-refractivity contribution in [3.8, 4) is 0 Å². The average Bonchev–Trinajstić information content (AvgIpc) is 2.81. The molecule has 0 atom stereocenters. The van der Waals surface area contributed by atoms with E-state index in [1.165, 1.54) is 12.8 Å². The minimum atomic E-state index is -0.920. The fraction of sp³-hybridized carbons (Fsp3) is 0.429. The number of aromatic carboxylic acids is 1. The Morgan fingerprint density at radius 1 is 1.42 bits per heavy atom. The first-order valence-corrected chi connectivity index (χ1v) is 6.65. The molecule has 0 radical (unpaired) electrons. The summed E-state index contributed by atoms with van der Waals surface area (Å²) in [4.78, 5) is 15.7. The Morgan fingerprint density at radius 3 is 2.95 bits per heavy atom. The Kier molecular flexibility index (Phi) is 3.21. The van der Waals surface area contributed by atoms with Crippen molar-refractivity contribution in [3.63, 3.8) is 0 Å². The standard InChI is InChI=1S/C14H17N3O2/c18-14(19)12-2-1-3-13-16-11(9-17(12)13)8-10-4-6-15-7-5-10/h1-3,9-10,15H,4-8H2,(H,18,19). The maximum atomic E-state index is 11.2. The van der Waals surface area contributed by atoms with Crippen LogP contribution in [0.4, 0.5) is 0 Å². The third kappa shape index (κ3) is 2.46. The molecule has 1 aliphatic heterocycles. The number of aromatic nitrogens is 2. The number of imidazole rings is 1. The molecule has 5 nitrogen and oxygen atoms in total. The largest absolute Gasteiger partial charge is 0.477 e. The number of carbonyl (C=O) groups is 1. The van der Waals surface area contributed by atoms with Crippen molar-refractivity contribution in [1.82, 2.24) is 14.7 Å². The van der Waals surface area contributed by atoms with Gasteiger partial charge in [-0.15, -0.1) is 0 Å². The molecule has 0 aromatic carbocycles.